The van der Waals surface area contributed by atoms with Crippen molar-refractivity contribution < 1.29 is 9.90 Å². The van der Waals surface area contributed by atoms with Crippen molar-refractivity contribution in [1.82, 2.24) is 14.5 Å². The molecule has 144 valence electrons. The van der Waals surface area contributed by atoms with Crippen molar-refractivity contribution in [3.8, 4) is 0 Å². The van der Waals surface area contributed by atoms with Crippen molar-refractivity contribution in [1.29, 1.82) is 0 Å². The van der Waals surface area contributed by atoms with Gasteiger partial charge in [-0.3, -0.25) is 14.2 Å². The average Bonchev–Trinajstić information content (AvgIpc) is 3.40. The minimum Gasteiger partial charge on any atom is -0.388 e. The first-order valence-corrected chi connectivity index (χ1v) is 9.91. The highest BCUT2D eigenvalue weighted by Crippen LogP contribution is 2.40. The van der Waals surface area contributed by atoms with E-state index in [4.69, 9.17) is 0 Å². The predicted molar refractivity (Wildman–Crippen MR) is 103 cm³/mol. The summed E-state index contributed by atoms with van der Waals surface area (Å²) in [7, 11) is 0. The minimum absolute atomic E-state index is 0.101. The summed E-state index contributed by atoms with van der Waals surface area (Å²) in [5, 5.41) is 11.7. The molecule has 27 heavy (non-hydrogen) atoms. The van der Waals surface area contributed by atoms with Gasteiger partial charge in [0.2, 0.25) is 5.91 Å². The molecule has 0 radical (unpaired) electrons. The Labute approximate surface area is 158 Å². The molecule has 2 fully saturated rings. The number of fused-ring (bicyclic) bond motifs is 1. The first-order valence-electron chi connectivity index (χ1n) is 9.91. The first-order chi connectivity index (χ1) is 12.9. The van der Waals surface area contributed by atoms with E-state index < -0.39 is 5.60 Å². The summed E-state index contributed by atoms with van der Waals surface area (Å²) in [6, 6.07) is 7.33. The average molecular weight is 369 g/mol. The molecule has 2 atom stereocenters. The molecule has 6 nitrogen and oxygen atoms in total. The second-order valence-corrected chi connectivity index (χ2v) is 8.16. The molecule has 0 bridgehead atoms. The standard InChI is InChI=1S/C21H27N3O3/c1-3-18-22-17-7-5-4-6-15(17)20(26)24(18)13-21(27)8-10-23(11-9-21)19(25)16-12-14(16)2/h4-7,14,16,27H,3,8-13H2,1-2H3. The fraction of sp³-hybridized carbons (Fsp3) is 0.571. The third kappa shape index (κ3) is 3.38. The number of rotatable bonds is 4. The number of aliphatic hydroxyl groups is 1. The van der Waals surface area contributed by atoms with E-state index in [9.17, 15) is 14.7 Å². The lowest BCUT2D eigenvalue weighted by Crippen LogP contribution is -2.50. The summed E-state index contributed by atoms with van der Waals surface area (Å²) in [5.74, 6) is 1.59. The van der Waals surface area contributed by atoms with E-state index >= 15 is 0 Å². The molecular formula is C21H27N3O3. The van der Waals surface area contributed by atoms with Gasteiger partial charge in [0.15, 0.2) is 0 Å². The Balaban J connectivity index is 1.54. The van der Waals surface area contributed by atoms with Crippen molar-refractivity contribution in [3.05, 3.63) is 40.4 Å². The maximum absolute atomic E-state index is 13.0. The Bertz CT molecular complexity index is 928. The van der Waals surface area contributed by atoms with Gasteiger partial charge in [0.1, 0.15) is 5.82 Å². The number of aryl methyl sites for hydroxylation is 1. The van der Waals surface area contributed by atoms with Gasteiger partial charge in [0.25, 0.3) is 5.56 Å². The van der Waals surface area contributed by atoms with Crippen LogP contribution in [-0.4, -0.2) is 44.2 Å². The van der Waals surface area contributed by atoms with E-state index in [-0.39, 0.29) is 23.9 Å². The lowest BCUT2D eigenvalue weighted by Gasteiger charge is -2.39. The number of aromatic nitrogens is 2. The number of nitrogens with zero attached hydrogens (tertiary/aromatic N) is 3. The highest BCUT2D eigenvalue weighted by Gasteiger charge is 2.43. The van der Waals surface area contributed by atoms with Gasteiger partial charge in [0.05, 0.1) is 23.0 Å². The molecule has 2 aromatic rings. The van der Waals surface area contributed by atoms with Crippen LogP contribution in [0, 0.1) is 11.8 Å². The molecule has 2 heterocycles. The Hall–Kier alpha value is -2.21. The van der Waals surface area contributed by atoms with E-state index in [0.717, 1.165) is 6.42 Å². The van der Waals surface area contributed by atoms with Gasteiger partial charge in [-0.15, -0.1) is 0 Å². The molecule has 1 aliphatic heterocycles. The predicted octanol–water partition coefficient (Wildman–Crippen LogP) is 1.97. The Morgan fingerprint density at radius 2 is 1.96 bits per heavy atom. The lowest BCUT2D eigenvalue weighted by molar-refractivity contribution is -0.137. The number of carbonyl (C=O) groups excluding carboxylic acids is 1. The Morgan fingerprint density at radius 3 is 2.59 bits per heavy atom. The normalized spacial score (nSPS) is 24.2. The third-order valence-electron chi connectivity index (χ3n) is 6.14. The van der Waals surface area contributed by atoms with Gasteiger partial charge >= 0.3 is 0 Å². The second kappa shape index (κ2) is 6.75. The van der Waals surface area contributed by atoms with E-state index in [0.29, 0.717) is 55.0 Å². The zero-order valence-corrected chi connectivity index (χ0v) is 16.0. The van der Waals surface area contributed by atoms with E-state index in [1.165, 1.54) is 0 Å². The van der Waals surface area contributed by atoms with Crippen molar-refractivity contribution in [2.45, 2.75) is 51.7 Å². The largest absolute Gasteiger partial charge is 0.388 e. The SMILES string of the molecule is CCc1nc2ccccc2c(=O)n1CC1(O)CCN(C(=O)C2CC2C)CC1. The van der Waals surface area contributed by atoms with Crippen LogP contribution in [0.5, 0.6) is 0 Å². The summed E-state index contributed by atoms with van der Waals surface area (Å²) in [6.45, 7) is 5.41. The lowest BCUT2D eigenvalue weighted by atomic mass is 9.90. The fourth-order valence-corrected chi connectivity index (χ4v) is 4.14. The molecule has 2 aliphatic rings. The zero-order chi connectivity index (χ0) is 19.2. The topological polar surface area (TPSA) is 75.4 Å². The summed E-state index contributed by atoms with van der Waals surface area (Å²) < 4.78 is 1.63. The Morgan fingerprint density at radius 1 is 1.30 bits per heavy atom. The van der Waals surface area contributed by atoms with E-state index in [1.807, 2.05) is 30.0 Å². The molecule has 1 saturated carbocycles. The molecule has 1 aliphatic carbocycles. The minimum atomic E-state index is -0.982. The van der Waals surface area contributed by atoms with Crippen LogP contribution < -0.4 is 5.56 Å². The molecule has 1 N–H and O–H groups in total. The van der Waals surface area contributed by atoms with Gasteiger partial charge in [0, 0.05) is 25.4 Å². The van der Waals surface area contributed by atoms with Crippen LogP contribution in [-0.2, 0) is 17.8 Å². The highest BCUT2D eigenvalue weighted by atomic mass is 16.3. The van der Waals surface area contributed by atoms with E-state index in [2.05, 4.69) is 11.9 Å². The maximum Gasteiger partial charge on any atom is 0.261 e. The highest BCUT2D eigenvalue weighted by molar-refractivity contribution is 5.81. The number of para-hydroxylation sites is 1. The first kappa shape index (κ1) is 18.2. The molecule has 1 saturated heterocycles. The van der Waals surface area contributed by atoms with Crippen molar-refractivity contribution in [3.63, 3.8) is 0 Å². The molecule has 1 aromatic carbocycles. The third-order valence-corrected chi connectivity index (χ3v) is 6.14. The van der Waals surface area contributed by atoms with Crippen molar-refractivity contribution in [2.24, 2.45) is 11.8 Å². The smallest absolute Gasteiger partial charge is 0.261 e. The molecule has 1 aromatic heterocycles. The number of amides is 1. The van der Waals surface area contributed by atoms with Crippen molar-refractivity contribution in [2.75, 3.05) is 13.1 Å². The number of piperidine rings is 1. The summed E-state index contributed by atoms with van der Waals surface area (Å²) >= 11 is 0. The van der Waals surface area contributed by atoms with Gasteiger partial charge in [-0.1, -0.05) is 26.0 Å². The summed E-state index contributed by atoms with van der Waals surface area (Å²) in [4.78, 5) is 31.9. The second-order valence-electron chi connectivity index (χ2n) is 8.16. The number of carbonyl (C=O) groups is 1. The summed E-state index contributed by atoms with van der Waals surface area (Å²) in [5.41, 5.74) is -0.387. The maximum atomic E-state index is 13.0. The molecule has 6 heteroatoms. The van der Waals surface area contributed by atoms with Crippen LogP contribution in [0.1, 0.15) is 38.9 Å². The van der Waals surface area contributed by atoms with Gasteiger partial charge in [-0.25, -0.2) is 4.98 Å². The van der Waals surface area contributed by atoms with Crippen molar-refractivity contribution >= 4 is 16.8 Å². The van der Waals surface area contributed by atoms with Crippen LogP contribution in [0.3, 0.4) is 0 Å². The van der Waals surface area contributed by atoms with Crippen LogP contribution in [0.15, 0.2) is 29.1 Å². The molecule has 0 spiro atoms. The van der Waals surface area contributed by atoms with Gasteiger partial charge < -0.3 is 10.0 Å². The Kier molecular flexibility index (Phi) is 4.54. The number of hydrogen-bond donors (Lipinski definition) is 1. The molecule has 1 amide bonds. The molecule has 4 rings (SSSR count). The van der Waals surface area contributed by atoms with Crippen LogP contribution in [0.4, 0.5) is 0 Å². The summed E-state index contributed by atoms with van der Waals surface area (Å²) in [6.07, 6.45) is 2.59. The van der Waals surface area contributed by atoms with Crippen LogP contribution in [0.2, 0.25) is 0 Å². The van der Waals surface area contributed by atoms with Gasteiger partial charge in [-0.2, -0.15) is 0 Å². The van der Waals surface area contributed by atoms with Crippen LogP contribution in [0.25, 0.3) is 10.9 Å². The quantitative estimate of drug-likeness (QED) is 0.894. The van der Waals surface area contributed by atoms with Crippen LogP contribution >= 0.6 is 0 Å². The van der Waals surface area contributed by atoms with E-state index in [1.54, 1.807) is 10.6 Å². The monoisotopic (exact) mass is 369 g/mol. The fourth-order valence-electron chi connectivity index (χ4n) is 4.14. The number of likely N-dealkylation sites (tertiary alicyclic amines) is 1. The zero-order valence-electron chi connectivity index (χ0n) is 16.0. The molecular weight excluding hydrogens is 342 g/mol. The van der Waals surface area contributed by atoms with Gasteiger partial charge in [-0.05, 0) is 37.3 Å². The number of hydrogen-bond acceptors (Lipinski definition) is 4. The molecule has 2 unspecified atom stereocenters. The number of benzene rings is 1.